The molecule has 0 aromatic heterocycles. The van der Waals surface area contributed by atoms with Crippen molar-refractivity contribution in [3.63, 3.8) is 0 Å². The van der Waals surface area contributed by atoms with Gasteiger partial charge in [-0.15, -0.1) is 6.58 Å². The fourth-order valence-electron chi connectivity index (χ4n) is 0.458. The summed E-state index contributed by atoms with van der Waals surface area (Å²) in [6, 6.07) is 0. The molecule has 0 rings (SSSR count). The Kier molecular flexibility index (Phi) is 3.72. The lowest BCUT2D eigenvalue weighted by molar-refractivity contribution is -1.15. The van der Waals surface area contributed by atoms with Gasteiger partial charge in [0.25, 0.3) is 0 Å². The van der Waals surface area contributed by atoms with E-state index < -0.39 is 9.68 Å². The lowest BCUT2D eigenvalue weighted by Gasteiger charge is -2.24. The minimum atomic E-state index is -0.504. The number of quaternary nitrogens is 1. The molecule has 0 aliphatic carbocycles. The summed E-state index contributed by atoms with van der Waals surface area (Å²) in [6.45, 7) is 3.63. The summed E-state index contributed by atoms with van der Waals surface area (Å²) in [7, 11) is 4.62. The molecule has 0 radical (unpaired) electrons. The highest BCUT2D eigenvalue weighted by molar-refractivity contribution is 6.32. The first kappa shape index (κ1) is 8.84. The summed E-state index contributed by atoms with van der Waals surface area (Å²) in [5.74, 6) is 0. The monoisotopic (exact) mass is 148 g/mol. The standard InChI is InChI=1S/C5H14NO2Si/c1-5-9-6(2,7-3)8-4/h5H,1,9H2,2-4H3/q+1. The zero-order chi connectivity index (χ0) is 7.33. The number of rotatable bonds is 4. The topological polar surface area (TPSA) is 18.5 Å². The molecule has 0 spiro atoms. The number of nitrogens with zero attached hydrogens (tertiary/aromatic N) is 1. The van der Waals surface area contributed by atoms with E-state index >= 15 is 0 Å². The second-order valence-electron chi connectivity index (χ2n) is 1.85. The van der Waals surface area contributed by atoms with Crippen LogP contribution in [0.25, 0.3) is 0 Å². The first-order chi connectivity index (χ1) is 4.18. The molecule has 0 aliphatic heterocycles. The van der Waals surface area contributed by atoms with Gasteiger partial charge >= 0.3 is 9.68 Å². The fourth-order valence-corrected chi connectivity index (χ4v) is 1.23. The molecule has 0 N–H and O–H groups in total. The van der Waals surface area contributed by atoms with Crippen LogP contribution in [0.4, 0.5) is 0 Å². The Morgan fingerprint density at radius 3 is 2.00 bits per heavy atom. The van der Waals surface area contributed by atoms with Crippen LogP contribution in [-0.2, 0) is 9.68 Å². The van der Waals surface area contributed by atoms with E-state index in [0.29, 0.717) is 0 Å². The largest absolute Gasteiger partial charge is 0.347 e. The van der Waals surface area contributed by atoms with E-state index in [1.807, 2.05) is 12.7 Å². The molecule has 0 heterocycles. The molecule has 0 amide bonds. The molecular weight excluding hydrogens is 134 g/mol. The average Bonchev–Trinajstić information content (AvgIpc) is 1.89. The van der Waals surface area contributed by atoms with E-state index in [0.717, 1.165) is 0 Å². The molecule has 0 atom stereocenters. The molecule has 3 nitrogen and oxygen atoms in total. The van der Waals surface area contributed by atoms with Gasteiger partial charge in [0.2, 0.25) is 0 Å². The third-order valence-electron chi connectivity index (χ3n) is 1.23. The molecule has 0 aromatic carbocycles. The number of hydrogen-bond donors (Lipinski definition) is 0. The van der Waals surface area contributed by atoms with Crippen molar-refractivity contribution in [2.45, 2.75) is 0 Å². The molecule has 0 unspecified atom stereocenters. The Bertz CT molecular complexity index is 93.0. The van der Waals surface area contributed by atoms with Gasteiger partial charge in [0.1, 0.15) is 7.05 Å². The lowest BCUT2D eigenvalue weighted by Crippen LogP contribution is -2.44. The van der Waals surface area contributed by atoms with Crippen molar-refractivity contribution in [3.8, 4) is 0 Å². The zero-order valence-corrected chi connectivity index (χ0v) is 7.67. The van der Waals surface area contributed by atoms with E-state index in [1.54, 1.807) is 14.2 Å². The summed E-state index contributed by atoms with van der Waals surface area (Å²) in [6.07, 6.45) is 0. The van der Waals surface area contributed by atoms with Crippen LogP contribution in [0.2, 0.25) is 0 Å². The highest BCUT2D eigenvalue weighted by Gasteiger charge is 2.19. The van der Waals surface area contributed by atoms with Crippen LogP contribution >= 0.6 is 0 Å². The predicted molar refractivity (Wildman–Crippen MR) is 38.9 cm³/mol. The van der Waals surface area contributed by atoms with Crippen molar-refractivity contribution in [2.24, 2.45) is 0 Å². The summed E-state index contributed by atoms with van der Waals surface area (Å²) in [5.41, 5.74) is 1.88. The van der Waals surface area contributed by atoms with Crippen LogP contribution in [0.3, 0.4) is 0 Å². The van der Waals surface area contributed by atoms with Crippen LogP contribution in [0.1, 0.15) is 0 Å². The van der Waals surface area contributed by atoms with Crippen LogP contribution < -0.4 is 0 Å². The third kappa shape index (κ3) is 2.76. The van der Waals surface area contributed by atoms with Gasteiger partial charge in [-0.3, -0.25) is 0 Å². The van der Waals surface area contributed by atoms with Crippen molar-refractivity contribution in [1.29, 1.82) is 0 Å². The van der Waals surface area contributed by atoms with Gasteiger partial charge in [-0.1, -0.05) is 4.48 Å². The van der Waals surface area contributed by atoms with E-state index in [4.69, 9.17) is 9.68 Å². The van der Waals surface area contributed by atoms with E-state index in [1.165, 1.54) is 0 Å². The third-order valence-corrected chi connectivity index (χ3v) is 2.67. The molecule has 0 aliphatic rings. The molecule has 54 valence electrons. The van der Waals surface area contributed by atoms with Gasteiger partial charge in [-0.25, -0.2) is 0 Å². The maximum absolute atomic E-state index is 5.03. The van der Waals surface area contributed by atoms with Gasteiger partial charge in [-0.05, 0) is 5.70 Å². The Labute approximate surface area is 58.3 Å². The highest BCUT2D eigenvalue weighted by atomic mass is 28.2. The lowest BCUT2D eigenvalue weighted by atomic mass is 11.3. The Morgan fingerprint density at radius 2 is 1.89 bits per heavy atom. The van der Waals surface area contributed by atoms with Gasteiger partial charge in [0.15, 0.2) is 0 Å². The Balaban J connectivity index is 3.75. The van der Waals surface area contributed by atoms with Gasteiger partial charge in [0, 0.05) is 0 Å². The van der Waals surface area contributed by atoms with Crippen molar-refractivity contribution in [1.82, 2.24) is 0 Å². The summed E-state index contributed by atoms with van der Waals surface area (Å²) in [5, 5.41) is 0. The summed E-state index contributed by atoms with van der Waals surface area (Å²) in [4.78, 5) is 10.1. The highest BCUT2D eigenvalue weighted by Crippen LogP contribution is 1.98. The van der Waals surface area contributed by atoms with Crippen LogP contribution in [0.15, 0.2) is 12.3 Å². The van der Waals surface area contributed by atoms with Crippen LogP contribution in [-0.4, -0.2) is 35.4 Å². The van der Waals surface area contributed by atoms with E-state index in [-0.39, 0.29) is 4.48 Å². The number of hydrogen-bond acceptors (Lipinski definition) is 2. The molecule has 0 aromatic rings. The van der Waals surface area contributed by atoms with Crippen molar-refractivity contribution in [3.05, 3.63) is 12.3 Å². The molecule has 0 saturated heterocycles. The van der Waals surface area contributed by atoms with Gasteiger partial charge in [0.05, 0.1) is 14.2 Å². The quantitative estimate of drug-likeness (QED) is 0.405. The van der Waals surface area contributed by atoms with Crippen molar-refractivity contribution >= 4 is 9.68 Å². The minimum absolute atomic E-state index is 0.253. The predicted octanol–water partition coefficient (Wildman–Crippen LogP) is -0.217. The van der Waals surface area contributed by atoms with Gasteiger partial charge in [-0.2, -0.15) is 9.68 Å². The summed E-state index contributed by atoms with van der Waals surface area (Å²) < 4.78 is 0.253. The normalized spacial score (nSPS) is 12.8. The fraction of sp³-hybridized carbons (Fsp3) is 0.600. The van der Waals surface area contributed by atoms with E-state index in [9.17, 15) is 0 Å². The minimum Gasteiger partial charge on any atom is -0.191 e. The van der Waals surface area contributed by atoms with Crippen molar-refractivity contribution in [2.75, 3.05) is 21.3 Å². The summed E-state index contributed by atoms with van der Waals surface area (Å²) >= 11 is 0. The van der Waals surface area contributed by atoms with Crippen molar-refractivity contribution < 1.29 is 14.2 Å². The Hall–Kier alpha value is -0.163. The van der Waals surface area contributed by atoms with E-state index in [2.05, 4.69) is 6.58 Å². The molecule has 4 heteroatoms. The first-order valence-corrected chi connectivity index (χ1v) is 4.21. The second-order valence-corrected chi connectivity index (χ2v) is 3.94. The molecule has 0 bridgehead atoms. The first-order valence-electron chi connectivity index (χ1n) is 2.76. The van der Waals surface area contributed by atoms with Crippen LogP contribution in [0.5, 0.6) is 0 Å². The molecule has 0 fully saturated rings. The maximum atomic E-state index is 5.03. The Morgan fingerprint density at radius 1 is 1.44 bits per heavy atom. The zero-order valence-electron chi connectivity index (χ0n) is 6.26. The molecule has 9 heavy (non-hydrogen) atoms. The molecule has 0 saturated carbocycles. The maximum Gasteiger partial charge on any atom is 0.347 e. The van der Waals surface area contributed by atoms with Crippen LogP contribution in [0, 0.1) is 0 Å². The second kappa shape index (κ2) is 3.79. The average molecular weight is 148 g/mol. The van der Waals surface area contributed by atoms with Gasteiger partial charge < -0.3 is 0 Å². The molecular formula is C5H14NO2Si+. The number of hydroxylamine groups is 2. The SMILES string of the molecule is C=C[SiH2][N+](C)(OC)OC. The smallest absolute Gasteiger partial charge is 0.191 e.